The molecule has 1 saturated carbocycles. The number of hydrogen-bond acceptors (Lipinski definition) is 4. The maximum Gasteiger partial charge on any atom is 0.255 e. The summed E-state index contributed by atoms with van der Waals surface area (Å²) < 4.78 is 0. The fraction of sp³-hybridized carbons (Fsp3) is 0.276. The molecule has 5 rings (SSSR count). The lowest BCUT2D eigenvalue weighted by atomic mass is 9.77. The van der Waals surface area contributed by atoms with E-state index >= 15 is 0 Å². The van der Waals surface area contributed by atoms with E-state index in [0.29, 0.717) is 39.6 Å². The molecule has 0 spiro atoms. The molecule has 3 atom stereocenters. The predicted octanol–water partition coefficient (Wildman–Crippen LogP) is 6.03. The second-order valence-corrected chi connectivity index (χ2v) is 10.2. The first kappa shape index (κ1) is 25.5. The van der Waals surface area contributed by atoms with Gasteiger partial charge >= 0.3 is 0 Å². The summed E-state index contributed by atoms with van der Waals surface area (Å²) in [6.07, 6.45) is 2.54. The zero-order chi connectivity index (χ0) is 25.9. The fourth-order valence-electron chi connectivity index (χ4n) is 5.34. The van der Waals surface area contributed by atoms with E-state index < -0.39 is 23.9 Å². The highest BCUT2D eigenvalue weighted by Crippen LogP contribution is 2.47. The van der Waals surface area contributed by atoms with Crippen LogP contribution in [0.1, 0.15) is 64.7 Å². The van der Waals surface area contributed by atoms with Crippen molar-refractivity contribution in [2.24, 2.45) is 0 Å². The van der Waals surface area contributed by atoms with Crippen LogP contribution in [0.5, 0.6) is 0 Å². The Bertz CT molecular complexity index is 1330. The Morgan fingerprint density at radius 2 is 1.70 bits per heavy atom. The number of fused-ring (bicyclic) bond motifs is 1. The van der Waals surface area contributed by atoms with Gasteiger partial charge in [0, 0.05) is 22.0 Å². The molecule has 190 valence electrons. The summed E-state index contributed by atoms with van der Waals surface area (Å²) in [6, 6.07) is 20.0. The van der Waals surface area contributed by atoms with E-state index in [-0.39, 0.29) is 18.3 Å². The van der Waals surface area contributed by atoms with Gasteiger partial charge in [-0.25, -0.2) is 5.48 Å². The molecule has 0 unspecified atom stereocenters. The number of ketones is 1. The highest BCUT2D eigenvalue weighted by atomic mass is 35.5. The number of halogens is 2. The van der Waals surface area contributed by atoms with Crippen LogP contribution in [0.2, 0.25) is 10.0 Å². The highest BCUT2D eigenvalue weighted by Gasteiger charge is 2.49. The van der Waals surface area contributed by atoms with Crippen LogP contribution in [0.15, 0.2) is 72.8 Å². The summed E-state index contributed by atoms with van der Waals surface area (Å²) in [5, 5.41) is 0.754. The van der Waals surface area contributed by atoms with E-state index in [4.69, 9.17) is 28.0 Å². The lowest BCUT2D eigenvalue weighted by Crippen LogP contribution is -2.54. The van der Waals surface area contributed by atoms with Crippen LogP contribution in [-0.4, -0.2) is 28.5 Å². The van der Waals surface area contributed by atoms with Crippen LogP contribution >= 0.6 is 23.2 Å². The summed E-state index contributed by atoms with van der Waals surface area (Å²) in [7, 11) is 0. The standard InChI is InChI=1S/C29H26Cl2N2O4/c30-19-14-15-22(23(31)16-19)27-26(28(35)32-37-17-18-8-2-1-3-9-18)20-10-4-5-11-21(20)29(36)33(27)24-12-6-7-13-25(24)34/h1-5,8-11,14-16,24,26-27H,6-7,12-13,17H2,(H,32,35)/t24-,26+,27-/m0/s1. The Kier molecular flexibility index (Phi) is 7.60. The first-order chi connectivity index (χ1) is 18.0. The van der Waals surface area contributed by atoms with Crippen molar-refractivity contribution >= 4 is 40.8 Å². The monoisotopic (exact) mass is 536 g/mol. The van der Waals surface area contributed by atoms with E-state index in [2.05, 4.69) is 5.48 Å². The van der Waals surface area contributed by atoms with E-state index in [0.717, 1.165) is 18.4 Å². The fourth-order valence-corrected chi connectivity index (χ4v) is 5.86. The SMILES string of the molecule is O=C(NOCc1ccccc1)[C@@H]1c2ccccc2C(=O)N([C@H]2CCCCC2=O)[C@H]1c1ccc(Cl)cc1Cl. The number of benzene rings is 3. The number of amides is 2. The molecule has 3 aromatic rings. The lowest BCUT2D eigenvalue weighted by Gasteiger charge is -2.46. The van der Waals surface area contributed by atoms with Gasteiger partial charge in [0.25, 0.3) is 11.8 Å². The Balaban J connectivity index is 1.58. The van der Waals surface area contributed by atoms with Crippen LogP contribution in [0.3, 0.4) is 0 Å². The van der Waals surface area contributed by atoms with Crippen LogP contribution in [0, 0.1) is 0 Å². The third-order valence-electron chi connectivity index (χ3n) is 7.05. The molecule has 1 heterocycles. The zero-order valence-corrected chi connectivity index (χ0v) is 21.5. The largest absolute Gasteiger partial charge is 0.320 e. The van der Waals surface area contributed by atoms with Gasteiger partial charge in [0.2, 0.25) is 0 Å². The van der Waals surface area contributed by atoms with Gasteiger partial charge in [-0.1, -0.05) is 84.2 Å². The molecule has 37 heavy (non-hydrogen) atoms. The van der Waals surface area contributed by atoms with Crippen molar-refractivity contribution in [1.82, 2.24) is 10.4 Å². The minimum absolute atomic E-state index is 0.00597. The van der Waals surface area contributed by atoms with Gasteiger partial charge in [-0.15, -0.1) is 0 Å². The molecule has 6 nitrogen and oxygen atoms in total. The molecule has 2 amide bonds. The first-order valence-corrected chi connectivity index (χ1v) is 13.1. The second kappa shape index (κ2) is 11.1. The number of hydroxylamine groups is 1. The zero-order valence-electron chi connectivity index (χ0n) is 20.0. The summed E-state index contributed by atoms with van der Waals surface area (Å²) >= 11 is 12.8. The van der Waals surface area contributed by atoms with Crippen molar-refractivity contribution in [2.75, 3.05) is 0 Å². The Morgan fingerprint density at radius 3 is 2.46 bits per heavy atom. The molecule has 1 N–H and O–H groups in total. The van der Waals surface area contributed by atoms with Crippen molar-refractivity contribution < 1.29 is 19.2 Å². The molecule has 0 saturated heterocycles. The number of carbonyl (C=O) groups is 3. The smallest absolute Gasteiger partial charge is 0.255 e. The van der Waals surface area contributed by atoms with E-state index in [1.807, 2.05) is 30.3 Å². The highest BCUT2D eigenvalue weighted by molar-refractivity contribution is 6.35. The molecule has 8 heteroatoms. The van der Waals surface area contributed by atoms with Crippen LogP contribution in [0.25, 0.3) is 0 Å². The predicted molar refractivity (Wildman–Crippen MR) is 141 cm³/mol. The Morgan fingerprint density at radius 1 is 0.946 bits per heavy atom. The summed E-state index contributed by atoms with van der Waals surface area (Å²) in [5.41, 5.74) is 4.99. The van der Waals surface area contributed by atoms with Crippen molar-refractivity contribution in [2.45, 2.75) is 50.3 Å². The number of rotatable bonds is 6. The molecule has 0 bridgehead atoms. The quantitative estimate of drug-likeness (QED) is 0.390. The van der Waals surface area contributed by atoms with Gasteiger partial charge in [-0.2, -0.15) is 0 Å². The van der Waals surface area contributed by atoms with E-state index in [1.54, 1.807) is 47.4 Å². The molecule has 0 aromatic heterocycles. The maximum absolute atomic E-state index is 13.9. The van der Waals surface area contributed by atoms with Gasteiger partial charge < -0.3 is 4.90 Å². The number of hydrogen-bond donors (Lipinski definition) is 1. The summed E-state index contributed by atoms with van der Waals surface area (Å²) in [6.45, 7) is 0.178. The average molecular weight is 537 g/mol. The number of Topliss-reactive ketones (excluding diaryl/α,β-unsaturated/α-hetero) is 1. The lowest BCUT2D eigenvalue weighted by molar-refractivity contribution is -0.139. The number of nitrogens with one attached hydrogen (secondary N) is 1. The first-order valence-electron chi connectivity index (χ1n) is 12.3. The molecule has 2 aliphatic rings. The van der Waals surface area contributed by atoms with Crippen LogP contribution < -0.4 is 5.48 Å². The van der Waals surface area contributed by atoms with Gasteiger partial charge in [0.15, 0.2) is 5.78 Å². The average Bonchev–Trinajstić information content (AvgIpc) is 2.90. The van der Waals surface area contributed by atoms with Gasteiger partial charge in [-0.3, -0.25) is 19.2 Å². The van der Waals surface area contributed by atoms with Gasteiger partial charge in [0.1, 0.15) is 0 Å². The van der Waals surface area contributed by atoms with Crippen molar-refractivity contribution in [3.8, 4) is 0 Å². The third-order valence-corrected chi connectivity index (χ3v) is 7.61. The minimum Gasteiger partial charge on any atom is -0.320 e. The summed E-state index contributed by atoms with van der Waals surface area (Å²) in [5.74, 6) is -1.59. The molecule has 0 radical (unpaired) electrons. The number of carbonyl (C=O) groups excluding carboxylic acids is 3. The van der Waals surface area contributed by atoms with Crippen molar-refractivity contribution in [1.29, 1.82) is 0 Å². The van der Waals surface area contributed by atoms with Crippen LogP contribution in [-0.2, 0) is 21.0 Å². The molecule has 1 aliphatic carbocycles. The second-order valence-electron chi connectivity index (χ2n) is 9.36. The minimum atomic E-state index is -0.863. The van der Waals surface area contributed by atoms with E-state index in [1.165, 1.54) is 0 Å². The molecular formula is C29H26Cl2N2O4. The number of nitrogens with zero attached hydrogens (tertiary/aromatic N) is 1. The topological polar surface area (TPSA) is 75.7 Å². The molecule has 3 aromatic carbocycles. The van der Waals surface area contributed by atoms with Crippen LogP contribution in [0.4, 0.5) is 0 Å². The Labute approximate surface area is 225 Å². The normalized spacial score (nSPS) is 21.5. The third kappa shape index (κ3) is 5.14. The summed E-state index contributed by atoms with van der Waals surface area (Å²) in [4.78, 5) is 48.0. The van der Waals surface area contributed by atoms with Crippen molar-refractivity contribution in [3.05, 3.63) is 105 Å². The van der Waals surface area contributed by atoms with Gasteiger partial charge in [-0.05, 0) is 47.7 Å². The maximum atomic E-state index is 13.9. The molecule has 1 fully saturated rings. The molecular weight excluding hydrogens is 511 g/mol. The van der Waals surface area contributed by atoms with Crippen molar-refractivity contribution in [3.63, 3.8) is 0 Å². The van der Waals surface area contributed by atoms with E-state index in [9.17, 15) is 14.4 Å². The molecule has 1 aliphatic heterocycles. The Hall–Kier alpha value is -3.19. The van der Waals surface area contributed by atoms with Gasteiger partial charge in [0.05, 0.1) is 24.6 Å².